The first-order valence-electron chi connectivity index (χ1n) is 8.74. The largest absolute Gasteiger partial charge is 0.360 e. The van der Waals surface area contributed by atoms with Crippen molar-refractivity contribution >= 4 is 57.5 Å². The van der Waals surface area contributed by atoms with Gasteiger partial charge in [0, 0.05) is 28.6 Å². The van der Waals surface area contributed by atoms with Gasteiger partial charge in [-0.05, 0) is 31.5 Å². The number of halogens is 1. The van der Waals surface area contributed by atoms with E-state index < -0.39 is 5.25 Å². The summed E-state index contributed by atoms with van der Waals surface area (Å²) in [4.78, 5) is 29.6. The molecule has 1 atom stereocenters. The van der Waals surface area contributed by atoms with Gasteiger partial charge in [-0.15, -0.1) is 23.1 Å². The molecule has 10 heteroatoms. The molecule has 0 radical (unpaired) electrons. The van der Waals surface area contributed by atoms with Crippen molar-refractivity contribution in [2.75, 3.05) is 16.4 Å². The molecule has 0 saturated heterocycles. The van der Waals surface area contributed by atoms with Crippen LogP contribution in [0.3, 0.4) is 0 Å². The molecule has 2 heterocycles. The van der Waals surface area contributed by atoms with Gasteiger partial charge in [-0.3, -0.25) is 9.59 Å². The molecule has 0 aliphatic heterocycles. The van der Waals surface area contributed by atoms with Gasteiger partial charge in [-0.2, -0.15) is 0 Å². The SMILES string of the molecule is Cc1cc(NC(=O)C(C)SCC(=O)Nc2ncc(Cc3cccc(Cl)c3)s2)no1. The first-order chi connectivity index (χ1) is 13.9. The minimum atomic E-state index is -0.424. The molecule has 3 aromatic rings. The van der Waals surface area contributed by atoms with Crippen molar-refractivity contribution in [3.8, 4) is 0 Å². The minimum absolute atomic E-state index is 0.135. The van der Waals surface area contributed by atoms with Crippen molar-refractivity contribution in [1.82, 2.24) is 10.1 Å². The van der Waals surface area contributed by atoms with Gasteiger partial charge in [-0.1, -0.05) is 28.9 Å². The number of anilines is 2. The predicted octanol–water partition coefficient (Wildman–Crippen LogP) is 4.38. The molecule has 2 aromatic heterocycles. The fourth-order valence-corrected chi connectivity index (χ4v) is 4.14. The zero-order valence-corrected chi connectivity index (χ0v) is 18.2. The van der Waals surface area contributed by atoms with Crippen LogP contribution in [0.1, 0.15) is 23.1 Å². The van der Waals surface area contributed by atoms with Gasteiger partial charge in [0.15, 0.2) is 10.9 Å². The van der Waals surface area contributed by atoms with E-state index in [-0.39, 0.29) is 17.6 Å². The highest BCUT2D eigenvalue weighted by atomic mass is 35.5. The highest BCUT2D eigenvalue weighted by Gasteiger charge is 2.17. The second-order valence-electron chi connectivity index (χ2n) is 6.25. The number of thioether (sulfide) groups is 1. The van der Waals surface area contributed by atoms with E-state index in [1.54, 1.807) is 26.1 Å². The van der Waals surface area contributed by atoms with Crippen LogP contribution in [0.5, 0.6) is 0 Å². The third kappa shape index (κ3) is 6.59. The quantitative estimate of drug-likeness (QED) is 0.528. The Bertz CT molecular complexity index is 1000. The molecule has 0 saturated carbocycles. The number of aromatic nitrogens is 2. The van der Waals surface area contributed by atoms with Crippen LogP contribution in [-0.2, 0) is 16.0 Å². The second kappa shape index (κ2) is 9.91. The molecule has 0 spiro atoms. The number of thiazole rings is 1. The van der Waals surface area contributed by atoms with E-state index in [0.717, 1.165) is 10.4 Å². The zero-order valence-electron chi connectivity index (χ0n) is 15.8. The van der Waals surface area contributed by atoms with Gasteiger partial charge in [0.2, 0.25) is 11.8 Å². The normalized spacial score (nSPS) is 11.8. The molecule has 1 unspecified atom stereocenters. The summed E-state index contributed by atoms with van der Waals surface area (Å²) in [6, 6.07) is 9.26. The van der Waals surface area contributed by atoms with Crippen molar-refractivity contribution in [2.45, 2.75) is 25.5 Å². The number of hydrogen-bond donors (Lipinski definition) is 2. The number of rotatable bonds is 8. The highest BCUT2D eigenvalue weighted by Crippen LogP contribution is 2.23. The van der Waals surface area contributed by atoms with Crippen LogP contribution in [0, 0.1) is 6.92 Å². The molecule has 152 valence electrons. The van der Waals surface area contributed by atoms with Crippen LogP contribution in [0.4, 0.5) is 10.9 Å². The number of nitrogens with zero attached hydrogens (tertiary/aromatic N) is 2. The number of carbonyl (C=O) groups is 2. The summed E-state index contributed by atoms with van der Waals surface area (Å²) in [6.45, 7) is 3.47. The van der Waals surface area contributed by atoms with Crippen molar-refractivity contribution in [1.29, 1.82) is 0 Å². The molecule has 7 nitrogen and oxygen atoms in total. The maximum atomic E-state index is 12.2. The van der Waals surface area contributed by atoms with Gasteiger partial charge < -0.3 is 15.2 Å². The van der Waals surface area contributed by atoms with Crippen LogP contribution < -0.4 is 10.6 Å². The van der Waals surface area contributed by atoms with Gasteiger partial charge in [0.1, 0.15) is 5.76 Å². The zero-order chi connectivity index (χ0) is 20.8. The van der Waals surface area contributed by atoms with Crippen molar-refractivity contribution < 1.29 is 14.1 Å². The van der Waals surface area contributed by atoms with Crippen LogP contribution in [0.25, 0.3) is 0 Å². The minimum Gasteiger partial charge on any atom is -0.360 e. The number of nitrogens with one attached hydrogen (secondary N) is 2. The third-order valence-corrected chi connectivity index (χ3v) is 6.07. The summed E-state index contributed by atoms with van der Waals surface area (Å²) in [5.41, 5.74) is 1.08. The van der Waals surface area contributed by atoms with Gasteiger partial charge in [-0.25, -0.2) is 4.98 Å². The fraction of sp³-hybridized carbons (Fsp3) is 0.263. The average molecular weight is 451 g/mol. The second-order valence-corrected chi connectivity index (χ2v) is 9.13. The lowest BCUT2D eigenvalue weighted by Crippen LogP contribution is -2.25. The molecular weight excluding hydrogens is 432 g/mol. The van der Waals surface area contributed by atoms with E-state index >= 15 is 0 Å². The van der Waals surface area contributed by atoms with Crippen LogP contribution in [-0.4, -0.2) is 33.0 Å². The Balaban J connectivity index is 1.44. The highest BCUT2D eigenvalue weighted by molar-refractivity contribution is 8.01. The van der Waals surface area contributed by atoms with Gasteiger partial charge in [0.25, 0.3) is 0 Å². The Kier molecular flexibility index (Phi) is 7.29. The number of benzene rings is 1. The predicted molar refractivity (Wildman–Crippen MR) is 117 cm³/mol. The molecule has 2 N–H and O–H groups in total. The first kappa shape index (κ1) is 21.4. The number of carbonyl (C=O) groups excluding carboxylic acids is 2. The Morgan fingerprint density at radius 3 is 2.86 bits per heavy atom. The van der Waals surface area contributed by atoms with Crippen molar-refractivity contribution in [3.05, 3.63) is 57.8 Å². The Morgan fingerprint density at radius 2 is 2.14 bits per heavy atom. The maximum absolute atomic E-state index is 12.2. The molecule has 0 fully saturated rings. The molecule has 3 rings (SSSR count). The molecule has 0 aliphatic rings. The maximum Gasteiger partial charge on any atom is 0.238 e. The summed E-state index contributed by atoms with van der Waals surface area (Å²) in [5, 5.41) is 9.93. The van der Waals surface area contributed by atoms with E-state index in [2.05, 4.69) is 20.8 Å². The van der Waals surface area contributed by atoms with Gasteiger partial charge in [0.05, 0.1) is 11.0 Å². The summed E-state index contributed by atoms with van der Waals surface area (Å²) in [6.07, 6.45) is 2.44. The summed E-state index contributed by atoms with van der Waals surface area (Å²) >= 11 is 8.65. The van der Waals surface area contributed by atoms with E-state index in [1.165, 1.54) is 23.1 Å². The summed E-state index contributed by atoms with van der Waals surface area (Å²) < 4.78 is 4.91. The van der Waals surface area contributed by atoms with Crippen molar-refractivity contribution in [2.24, 2.45) is 0 Å². The third-order valence-electron chi connectivity index (χ3n) is 3.78. The fourth-order valence-electron chi connectivity index (χ4n) is 2.38. The lowest BCUT2D eigenvalue weighted by atomic mass is 10.1. The average Bonchev–Trinajstić information content (AvgIpc) is 3.28. The summed E-state index contributed by atoms with van der Waals surface area (Å²) in [5.74, 6) is 0.651. The Labute approximate surface area is 181 Å². The lowest BCUT2D eigenvalue weighted by Gasteiger charge is -2.09. The van der Waals surface area contributed by atoms with E-state index in [0.29, 0.717) is 28.2 Å². The molecule has 1 aromatic carbocycles. The van der Waals surface area contributed by atoms with E-state index in [4.69, 9.17) is 16.1 Å². The molecule has 0 bridgehead atoms. The lowest BCUT2D eigenvalue weighted by molar-refractivity contribution is -0.115. The number of hydrogen-bond acceptors (Lipinski definition) is 7. The smallest absolute Gasteiger partial charge is 0.238 e. The van der Waals surface area contributed by atoms with Gasteiger partial charge >= 0.3 is 0 Å². The van der Waals surface area contributed by atoms with Crippen LogP contribution >= 0.6 is 34.7 Å². The standard InChI is InChI=1S/C19H19ClN4O3S2/c1-11-6-16(24-27-11)22-18(26)12(2)28-10-17(25)23-19-21-9-15(29-19)8-13-4-3-5-14(20)7-13/h3-7,9,12H,8,10H2,1-2H3,(H,21,23,25)(H,22,24,26). The Morgan fingerprint density at radius 1 is 1.31 bits per heavy atom. The topological polar surface area (TPSA) is 97.1 Å². The van der Waals surface area contributed by atoms with E-state index in [9.17, 15) is 9.59 Å². The number of amides is 2. The Hall–Kier alpha value is -2.36. The molecular formula is C19H19ClN4O3S2. The first-order valence-corrected chi connectivity index (χ1v) is 11.0. The van der Waals surface area contributed by atoms with Crippen LogP contribution in [0.15, 0.2) is 41.1 Å². The molecule has 29 heavy (non-hydrogen) atoms. The van der Waals surface area contributed by atoms with Crippen LogP contribution in [0.2, 0.25) is 5.02 Å². The number of aryl methyl sites for hydroxylation is 1. The molecule has 0 aliphatic carbocycles. The molecule has 2 amide bonds. The van der Waals surface area contributed by atoms with Crippen molar-refractivity contribution in [3.63, 3.8) is 0 Å². The monoisotopic (exact) mass is 450 g/mol. The summed E-state index contributed by atoms with van der Waals surface area (Å²) in [7, 11) is 0. The van der Waals surface area contributed by atoms with E-state index in [1.807, 2.05) is 24.3 Å².